The van der Waals surface area contributed by atoms with E-state index in [2.05, 4.69) is 48.6 Å². The van der Waals surface area contributed by atoms with Gasteiger partial charge in [0.25, 0.3) is 0 Å². The summed E-state index contributed by atoms with van der Waals surface area (Å²) < 4.78 is 15.5. The van der Waals surface area contributed by atoms with Crippen molar-refractivity contribution in [3.05, 3.63) is 23.8 Å². The molecule has 4 heteroatoms. The van der Waals surface area contributed by atoms with E-state index < -0.39 is 0 Å². The van der Waals surface area contributed by atoms with Crippen molar-refractivity contribution in [3.8, 4) is 0 Å². The van der Waals surface area contributed by atoms with Gasteiger partial charge in [-0.05, 0) is 31.0 Å². The topological polar surface area (TPSA) is 22.4 Å². The van der Waals surface area contributed by atoms with Gasteiger partial charge < -0.3 is 9.15 Å². The lowest BCUT2D eigenvalue weighted by atomic mass is 9.88. The zero-order chi connectivity index (χ0) is 12.8. The Hall–Kier alpha value is 0.310. The van der Waals surface area contributed by atoms with Crippen molar-refractivity contribution in [2.45, 2.75) is 36.2 Å². The first-order valence-corrected chi connectivity index (χ1v) is 10.1. The standard InChI is InChI=1S/C14H16I2O2/c1-3-14(4-2,18-13-11(8-15)16-13)10-7-9-5-6-12(10)17-9/h5-7,11H,3-4,8H2,1-2H3. The van der Waals surface area contributed by atoms with Gasteiger partial charge in [-0.15, -0.1) is 0 Å². The van der Waals surface area contributed by atoms with Crippen LogP contribution in [-0.2, 0) is 10.3 Å². The van der Waals surface area contributed by atoms with Gasteiger partial charge in [-0.25, -0.2) is 0 Å². The molecule has 1 aliphatic heterocycles. The smallest absolute Gasteiger partial charge is 0.133 e. The van der Waals surface area contributed by atoms with Crippen LogP contribution >= 0.6 is 43.3 Å². The first kappa shape index (κ1) is 13.3. The van der Waals surface area contributed by atoms with Crippen molar-refractivity contribution < 1.29 is 9.15 Å². The van der Waals surface area contributed by atoms with Crippen LogP contribution < -0.4 is 0 Å². The Morgan fingerprint density at radius 3 is 2.61 bits per heavy atom. The first-order valence-electron chi connectivity index (χ1n) is 6.30. The van der Waals surface area contributed by atoms with Crippen molar-refractivity contribution in [2.75, 3.05) is 4.43 Å². The van der Waals surface area contributed by atoms with Crippen LogP contribution in [0.1, 0.15) is 32.3 Å². The molecular weight excluding hydrogens is 454 g/mol. The zero-order valence-electron chi connectivity index (χ0n) is 10.5. The van der Waals surface area contributed by atoms with Crippen LogP contribution in [0.25, 0.3) is 11.2 Å². The highest BCUT2D eigenvalue weighted by Crippen LogP contribution is 2.44. The minimum atomic E-state index is -0.155. The number of halogens is 2. The Kier molecular flexibility index (Phi) is 3.70. The van der Waals surface area contributed by atoms with Crippen LogP contribution in [-0.4, -0.2) is 12.0 Å². The van der Waals surface area contributed by atoms with Gasteiger partial charge in [0.05, 0.1) is 7.62 Å². The van der Waals surface area contributed by atoms with Gasteiger partial charge in [-0.3, -0.25) is 0 Å². The lowest BCUT2D eigenvalue weighted by Gasteiger charge is -2.30. The van der Waals surface area contributed by atoms with Crippen LogP contribution in [0.15, 0.2) is 22.6 Å². The number of benzene rings is 1. The van der Waals surface area contributed by atoms with Crippen molar-refractivity contribution in [2.24, 2.45) is 0 Å². The number of furan rings is 2. The van der Waals surface area contributed by atoms with Crippen LogP contribution in [0.2, 0.25) is 0 Å². The van der Waals surface area contributed by atoms with Crippen LogP contribution in [0.4, 0.5) is 0 Å². The summed E-state index contributed by atoms with van der Waals surface area (Å²) in [5.41, 5.74) is 3.06. The molecule has 0 amide bonds. The molecule has 98 valence electrons. The second-order valence-corrected chi connectivity index (χ2v) is 8.67. The van der Waals surface area contributed by atoms with Crippen molar-refractivity contribution in [1.29, 1.82) is 0 Å². The molecule has 3 heterocycles. The van der Waals surface area contributed by atoms with E-state index in [4.69, 9.17) is 9.15 Å². The normalized spacial score (nSPS) is 19.9. The molecule has 2 aromatic heterocycles. The molecule has 0 radical (unpaired) electrons. The number of fused-ring (bicyclic) bond motifs is 2. The molecule has 0 aromatic carbocycles. The molecule has 0 fully saturated rings. The Bertz CT molecular complexity index is 569. The van der Waals surface area contributed by atoms with Crippen LogP contribution in [0, 0.1) is 0 Å². The number of hydrogen-bond donors (Lipinski definition) is 0. The van der Waals surface area contributed by atoms with E-state index in [1.54, 1.807) is 0 Å². The molecule has 18 heavy (non-hydrogen) atoms. The minimum absolute atomic E-state index is 0.155. The summed E-state index contributed by atoms with van der Waals surface area (Å²) in [6.07, 6.45) is 2.01. The fourth-order valence-corrected chi connectivity index (χ4v) is 6.42. The van der Waals surface area contributed by atoms with Gasteiger partial charge in [0.15, 0.2) is 0 Å². The maximum absolute atomic E-state index is 6.43. The molecule has 0 saturated heterocycles. The highest BCUT2D eigenvalue weighted by molar-refractivity contribution is 14.2. The number of ether oxygens (including phenoxy) is 1. The number of hydrogen-bond acceptors (Lipinski definition) is 2. The SMILES string of the molecule is CCC(CC)(OC1=IC1CI)c1cc2ccc1o2. The van der Waals surface area contributed by atoms with Gasteiger partial charge in [0, 0.05) is 9.99 Å². The average molecular weight is 470 g/mol. The monoisotopic (exact) mass is 470 g/mol. The predicted octanol–water partition coefficient (Wildman–Crippen LogP) is 4.82. The van der Waals surface area contributed by atoms with Crippen molar-refractivity contribution in [3.63, 3.8) is 0 Å². The van der Waals surface area contributed by atoms with E-state index in [0.717, 1.165) is 27.9 Å². The Labute approximate surface area is 131 Å². The second kappa shape index (κ2) is 5.01. The van der Waals surface area contributed by atoms with Gasteiger partial charge in [-0.2, -0.15) is 0 Å². The minimum Gasteiger partial charge on any atom is -0.457 e. The van der Waals surface area contributed by atoms with E-state index in [1.807, 2.05) is 6.07 Å². The van der Waals surface area contributed by atoms with Gasteiger partial charge >= 0.3 is 0 Å². The molecule has 2 nitrogen and oxygen atoms in total. The highest BCUT2D eigenvalue weighted by atomic mass is 127. The number of alkyl halides is 2. The van der Waals surface area contributed by atoms with Crippen LogP contribution in [0.3, 0.4) is 0 Å². The maximum Gasteiger partial charge on any atom is 0.133 e. The Balaban J connectivity index is 1.91. The third-order valence-corrected chi connectivity index (χ3v) is 8.91. The first-order chi connectivity index (χ1) is 8.72. The van der Waals surface area contributed by atoms with E-state index in [0.29, 0.717) is 0 Å². The summed E-state index contributed by atoms with van der Waals surface area (Å²) in [5.74, 6) is 0. The van der Waals surface area contributed by atoms with Gasteiger partial charge in [0.2, 0.25) is 0 Å². The Morgan fingerprint density at radius 1 is 1.39 bits per heavy atom. The lowest BCUT2D eigenvalue weighted by molar-refractivity contribution is 0.0488. The molecule has 0 spiro atoms. The van der Waals surface area contributed by atoms with Gasteiger partial charge in [0.1, 0.15) is 16.8 Å². The van der Waals surface area contributed by atoms with Crippen LogP contribution in [0.5, 0.6) is 0 Å². The second-order valence-electron chi connectivity index (χ2n) is 4.60. The van der Waals surface area contributed by atoms with E-state index in [1.165, 1.54) is 13.7 Å². The summed E-state index contributed by atoms with van der Waals surface area (Å²) in [6.45, 7) is 4.43. The summed E-state index contributed by atoms with van der Waals surface area (Å²) in [7, 11) is 0. The zero-order valence-corrected chi connectivity index (χ0v) is 14.8. The third kappa shape index (κ3) is 2.14. The lowest BCUT2D eigenvalue weighted by Crippen LogP contribution is -2.30. The predicted molar refractivity (Wildman–Crippen MR) is 92.4 cm³/mol. The van der Waals surface area contributed by atoms with E-state index >= 15 is 0 Å². The largest absolute Gasteiger partial charge is 0.457 e. The molecule has 0 saturated carbocycles. The van der Waals surface area contributed by atoms with Crippen molar-refractivity contribution in [1.82, 2.24) is 0 Å². The molecule has 0 aliphatic carbocycles. The van der Waals surface area contributed by atoms with Gasteiger partial charge in [-0.1, -0.05) is 57.2 Å². The fraction of sp³-hybridized carbons (Fsp3) is 0.500. The van der Waals surface area contributed by atoms with Crippen molar-refractivity contribution >= 4 is 58.2 Å². The van der Waals surface area contributed by atoms with E-state index in [9.17, 15) is 0 Å². The maximum atomic E-state index is 6.43. The Morgan fingerprint density at radius 2 is 2.17 bits per heavy atom. The molecule has 1 aliphatic rings. The molecule has 1 atom stereocenters. The summed E-state index contributed by atoms with van der Waals surface area (Å²) in [6, 6.07) is 6.25. The molecular formula is C14H16I2O2. The summed E-state index contributed by atoms with van der Waals surface area (Å²) in [4.78, 5) is 0. The molecule has 1 unspecified atom stereocenters. The molecule has 2 aromatic rings. The fourth-order valence-electron chi connectivity index (χ4n) is 2.44. The molecule has 3 rings (SSSR count). The van der Waals surface area contributed by atoms with E-state index in [-0.39, 0.29) is 26.3 Å². The summed E-state index contributed by atoms with van der Waals surface area (Å²) >= 11 is 2.66. The molecule has 0 N–H and O–H groups in total. The number of rotatable bonds is 6. The highest BCUT2D eigenvalue weighted by Gasteiger charge is 2.39. The summed E-state index contributed by atoms with van der Waals surface area (Å²) in [5, 5.41) is 0. The third-order valence-electron chi connectivity index (χ3n) is 3.68. The molecule has 2 bridgehead atoms. The average Bonchev–Trinajstić information content (AvgIpc) is 2.82. The quantitative estimate of drug-likeness (QED) is 0.447.